The maximum atomic E-state index is 11.7. The lowest BCUT2D eigenvalue weighted by molar-refractivity contribution is 0.0849. The SMILES string of the molecule is COCC(=O)c1ccnc2ccccc12. The van der Waals surface area contributed by atoms with Crippen LogP contribution in [0.5, 0.6) is 0 Å². The maximum absolute atomic E-state index is 11.7. The number of pyridine rings is 1. The van der Waals surface area contributed by atoms with E-state index >= 15 is 0 Å². The molecule has 3 nitrogen and oxygen atoms in total. The number of ketones is 1. The van der Waals surface area contributed by atoms with Gasteiger partial charge in [-0.3, -0.25) is 9.78 Å². The van der Waals surface area contributed by atoms with Crippen molar-refractivity contribution in [2.45, 2.75) is 0 Å². The first kappa shape index (κ1) is 9.80. The van der Waals surface area contributed by atoms with E-state index in [4.69, 9.17) is 4.74 Å². The summed E-state index contributed by atoms with van der Waals surface area (Å²) in [5, 5.41) is 0.877. The first-order chi connectivity index (χ1) is 7.33. The number of nitrogens with zero attached hydrogens (tertiary/aromatic N) is 1. The summed E-state index contributed by atoms with van der Waals surface area (Å²) in [6, 6.07) is 9.31. The van der Waals surface area contributed by atoms with Crippen LogP contribution in [0.4, 0.5) is 0 Å². The van der Waals surface area contributed by atoms with Crippen molar-refractivity contribution < 1.29 is 9.53 Å². The highest BCUT2D eigenvalue weighted by Gasteiger charge is 2.09. The molecule has 0 fully saturated rings. The Morgan fingerprint density at radius 1 is 1.33 bits per heavy atom. The number of Topliss-reactive ketones (excluding diaryl/α,β-unsaturated/α-hetero) is 1. The van der Waals surface area contributed by atoms with E-state index in [1.54, 1.807) is 12.3 Å². The van der Waals surface area contributed by atoms with Crippen molar-refractivity contribution in [3.8, 4) is 0 Å². The fourth-order valence-corrected chi connectivity index (χ4v) is 1.55. The van der Waals surface area contributed by atoms with E-state index < -0.39 is 0 Å². The fraction of sp³-hybridized carbons (Fsp3) is 0.167. The summed E-state index contributed by atoms with van der Waals surface area (Å²) in [5.74, 6) is -0.0175. The van der Waals surface area contributed by atoms with E-state index in [1.807, 2.05) is 24.3 Å². The number of rotatable bonds is 3. The molecule has 2 rings (SSSR count). The molecule has 0 bridgehead atoms. The minimum absolute atomic E-state index is 0.0175. The third-order valence-electron chi connectivity index (χ3n) is 2.22. The van der Waals surface area contributed by atoms with Gasteiger partial charge >= 0.3 is 0 Å². The van der Waals surface area contributed by atoms with Gasteiger partial charge in [-0.2, -0.15) is 0 Å². The summed E-state index contributed by atoms with van der Waals surface area (Å²) in [4.78, 5) is 15.9. The van der Waals surface area contributed by atoms with Crippen LogP contribution in [0, 0.1) is 0 Å². The molecule has 0 spiro atoms. The molecule has 15 heavy (non-hydrogen) atoms. The average molecular weight is 201 g/mol. The van der Waals surface area contributed by atoms with E-state index in [9.17, 15) is 4.79 Å². The van der Waals surface area contributed by atoms with Crippen molar-refractivity contribution >= 4 is 16.7 Å². The summed E-state index contributed by atoms with van der Waals surface area (Å²) in [7, 11) is 1.52. The summed E-state index contributed by atoms with van der Waals surface area (Å²) < 4.78 is 4.84. The predicted molar refractivity (Wildman–Crippen MR) is 57.9 cm³/mol. The third-order valence-corrected chi connectivity index (χ3v) is 2.22. The molecule has 1 heterocycles. The Morgan fingerprint density at radius 2 is 2.13 bits per heavy atom. The highest BCUT2D eigenvalue weighted by molar-refractivity contribution is 6.07. The van der Waals surface area contributed by atoms with Crippen LogP contribution in [0.1, 0.15) is 10.4 Å². The maximum Gasteiger partial charge on any atom is 0.189 e. The van der Waals surface area contributed by atoms with Crippen molar-refractivity contribution in [1.29, 1.82) is 0 Å². The van der Waals surface area contributed by atoms with Crippen molar-refractivity contribution in [3.05, 3.63) is 42.1 Å². The van der Waals surface area contributed by atoms with E-state index in [2.05, 4.69) is 4.98 Å². The van der Waals surface area contributed by atoms with Crippen LogP contribution in [-0.4, -0.2) is 24.5 Å². The average Bonchev–Trinajstić information content (AvgIpc) is 2.28. The fourth-order valence-electron chi connectivity index (χ4n) is 1.55. The number of ether oxygens (including phenoxy) is 1. The Kier molecular flexibility index (Phi) is 2.74. The molecule has 0 aliphatic rings. The van der Waals surface area contributed by atoms with Gasteiger partial charge in [0.05, 0.1) is 5.52 Å². The number of methoxy groups -OCH3 is 1. The van der Waals surface area contributed by atoms with Gasteiger partial charge in [0.2, 0.25) is 0 Å². The highest BCUT2D eigenvalue weighted by Crippen LogP contribution is 2.16. The second kappa shape index (κ2) is 4.19. The number of aromatic nitrogens is 1. The number of fused-ring (bicyclic) bond motifs is 1. The zero-order valence-electron chi connectivity index (χ0n) is 8.43. The first-order valence-electron chi connectivity index (χ1n) is 4.69. The van der Waals surface area contributed by atoms with E-state index in [1.165, 1.54) is 7.11 Å². The normalized spacial score (nSPS) is 10.5. The summed E-state index contributed by atoms with van der Waals surface area (Å²) in [6.07, 6.45) is 1.64. The van der Waals surface area contributed by atoms with Gasteiger partial charge in [-0.05, 0) is 12.1 Å². The molecule has 3 heteroatoms. The Labute approximate surface area is 87.7 Å². The van der Waals surface area contributed by atoms with Gasteiger partial charge in [0.15, 0.2) is 5.78 Å². The molecule has 0 saturated heterocycles. The molecule has 1 aromatic heterocycles. The van der Waals surface area contributed by atoms with Crippen LogP contribution in [0.25, 0.3) is 10.9 Å². The first-order valence-corrected chi connectivity index (χ1v) is 4.69. The predicted octanol–water partition coefficient (Wildman–Crippen LogP) is 2.06. The monoisotopic (exact) mass is 201 g/mol. The molecule has 0 unspecified atom stereocenters. The Hall–Kier alpha value is -1.74. The molecule has 0 aliphatic heterocycles. The molecule has 1 aromatic carbocycles. The second-order valence-electron chi connectivity index (χ2n) is 3.23. The van der Waals surface area contributed by atoms with Gasteiger partial charge in [-0.25, -0.2) is 0 Å². The largest absolute Gasteiger partial charge is 0.377 e. The number of benzene rings is 1. The quantitative estimate of drug-likeness (QED) is 0.713. The Balaban J connectivity index is 2.56. The van der Waals surface area contributed by atoms with Gasteiger partial charge in [0, 0.05) is 24.3 Å². The van der Waals surface area contributed by atoms with Crippen LogP contribution in [0.2, 0.25) is 0 Å². The molecule has 0 aliphatic carbocycles. The molecule has 2 aromatic rings. The molecule has 0 amide bonds. The number of para-hydroxylation sites is 1. The minimum atomic E-state index is -0.0175. The zero-order valence-corrected chi connectivity index (χ0v) is 8.43. The molecule has 0 N–H and O–H groups in total. The van der Waals surface area contributed by atoms with Crippen molar-refractivity contribution in [2.75, 3.05) is 13.7 Å². The van der Waals surface area contributed by atoms with Crippen molar-refractivity contribution in [2.24, 2.45) is 0 Å². The summed E-state index contributed by atoms with van der Waals surface area (Å²) in [5.41, 5.74) is 1.50. The lowest BCUT2D eigenvalue weighted by Gasteiger charge is -2.03. The molecule has 76 valence electrons. The third kappa shape index (κ3) is 1.87. The Bertz CT molecular complexity index is 488. The van der Waals surface area contributed by atoms with Gasteiger partial charge in [-0.15, -0.1) is 0 Å². The van der Waals surface area contributed by atoms with Crippen LogP contribution in [0.3, 0.4) is 0 Å². The number of carbonyl (C=O) groups excluding carboxylic acids is 1. The van der Waals surface area contributed by atoms with Gasteiger partial charge in [-0.1, -0.05) is 18.2 Å². The number of carbonyl (C=O) groups is 1. The van der Waals surface area contributed by atoms with Crippen LogP contribution in [0.15, 0.2) is 36.5 Å². The zero-order chi connectivity index (χ0) is 10.7. The summed E-state index contributed by atoms with van der Waals surface area (Å²) in [6.45, 7) is 0.105. The van der Waals surface area contributed by atoms with Gasteiger partial charge < -0.3 is 4.74 Å². The van der Waals surface area contributed by atoms with Crippen LogP contribution < -0.4 is 0 Å². The number of hydrogen-bond donors (Lipinski definition) is 0. The van der Waals surface area contributed by atoms with E-state index in [0.29, 0.717) is 5.56 Å². The highest BCUT2D eigenvalue weighted by atomic mass is 16.5. The summed E-state index contributed by atoms with van der Waals surface area (Å²) >= 11 is 0. The number of hydrogen-bond acceptors (Lipinski definition) is 3. The molecular weight excluding hydrogens is 190 g/mol. The second-order valence-corrected chi connectivity index (χ2v) is 3.23. The molecule has 0 saturated carbocycles. The lowest BCUT2D eigenvalue weighted by atomic mass is 10.1. The topological polar surface area (TPSA) is 39.2 Å². The lowest BCUT2D eigenvalue weighted by Crippen LogP contribution is -2.07. The van der Waals surface area contributed by atoms with Crippen molar-refractivity contribution in [3.63, 3.8) is 0 Å². The molecular formula is C12H11NO2. The minimum Gasteiger partial charge on any atom is -0.377 e. The molecule has 0 radical (unpaired) electrons. The van der Waals surface area contributed by atoms with Gasteiger partial charge in [0.25, 0.3) is 0 Å². The van der Waals surface area contributed by atoms with E-state index in [0.717, 1.165) is 10.9 Å². The smallest absolute Gasteiger partial charge is 0.189 e. The Morgan fingerprint density at radius 3 is 2.93 bits per heavy atom. The van der Waals surface area contributed by atoms with E-state index in [-0.39, 0.29) is 12.4 Å². The van der Waals surface area contributed by atoms with Crippen LogP contribution >= 0.6 is 0 Å². The van der Waals surface area contributed by atoms with Crippen LogP contribution in [-0.2, 0) is 4.74 Å². The van der Waals surface area contributed by atoms with Gasteiger partial charge in [0.1, 0.15) is 6.61 Å². The molecule has 0 atom stereocenters. The van der Waals surface area contributed by atoms with Crippen molar-refractivity contribution in [1.82, 2.24) is 4.98 Å². The standard InChI is InChI=1S/C12H11NO2/c1-15-8-12(14)10-6-7-13-11-5-3-2-4-9(10)11/h2-7H,8H2,1H3.